The van der Waals surface area contributed by atoms with Crippen LogP contribution < -0.4 is 10.6 Å². The summed E-state index contributed by atoms with van der Waals surface area (Å²) in [4.78, 5) is 4.28. The first-order valence-corrected chi connectivity index (χ1v) is 5.29. The normalized spacial score (nSPS) is 10.0. The molecule has 0 bridgehead atoms. The molecule has 1 aromatic heterocycles. The minimum absolute atomic E-state index is 0.780. The van der Waals surface area contributed by atoms with Gasteiger partial charge in [-0.05, 0) is 25.5 Å². The Morgan fingerprint density at radius 1 is 1.33 bits per heavy atom. The lowest BCUT2D eigenvalue weighted by Gasteiger charge is -2.06. The molecule has 0 amide bonds. The largest absolute Gasteiger partial charge is 0.385 e. The van der Waals surface area contributed by atoms with Crippen LogP contribution in [0.1, 0.15) is 13.3 Å². The van der Waals surface area contributed by atoms with E-state index in [2.05, 4.69) is 22.5 Å². The zero-order valence-corrected chi connectivity index (χ0v) is 9.42. The summed E-state index contributed by atoms with van der Waals surface area (Å²) in [5, 5.41) is 6.43. The smallest absolute Gasteiger partial charge is 0.126 e. The van der Waals surface area contributed by atoms with Crippen molar-refractivity contribution in [3.63, 3.8) is 0 Å². The van der Waals surface area contributed by atoms with Gasteiger partial charge < -0.3 is 15.4 Å². The Hall–Kier alpha value is -1.29. The molecule has 2 N–H and O–H groups in total. The van der Waals surface area contributed by atoms with E-state index in [9.17, 15) is 0 Å². The third-order valence-electron chi connectivity index (χ3n) is 1.98. The van der Waals surface area contributed by atoms with Crippen molar-refractivity contribution in [2.24, 2.45) is 0 Å². The van der Waals surface area contributed by atoms with Gasteiger partial charge in [0, 0.05) is 26.8 Å². The van der Waals surface area contributed by atoms with Gasteiger partial charge in [0.25, 0.3) is 0 Å². The first-order chi connectivity index (χ1) is 7.36. The fourth-order valence-electron chi connectivity index (χ4n) is 1.24. The molecule has 0 aromatic carbocycles. The molecule has 0 unspecified atom stereocenters. The van der Waals surface area contributed by atoms with E-state index in [1.807, 2.05) is 18.3 Å². The van der Waals surface area contributed by atoms with Crippen LogP contribution in [0, 0.1) is 0 Å². The summed E-state index contributed by atoms with van der Waals surface area (Å²) in [6.45, 7) is 4.66. The summed E-state index contributed by atoms with van der Waals surface area (Å²) >= 11 is 0. The van der Waals surface area contributed by atoms with Crippen LogP contribution in [0.5, 0.6) is 0 Å². The van der Waals surface area contributed by atoms with Crippen LogP contribution in [0.15, 0.2) is 18.3 Å². The molecule has 0 spiro atoms. The fourth-order valence-corrected chi connectivity index (χ4v) is 1.24. The van der Waals surface area contributed by atoms with Gasteiger partial charge >= 0.3 is 0 Å². The number of aromatic nitrogens is 1. The molecule has 4 nitrogen and oxygen atoms in total. The van der Waals surface area contributed by atoms with E-state index in [-0.39, 0.29) is 0 Å². The van der Waals surface area contributed by atoms with Gasteiger partial charge in [-0.1, -0.05) is 0 Å². The summed E-state index contributed by atoms with van der Waals surface area (Å²) in [5.41, 5.74) is 1.06. The molecule has 0 radical (unpaired) electrons. The minimum Gasteiger partial charge on any atom is -0.385 e. The first kappa shape index (κ1) is 11.8. The van der Waals surface area contributed by atoms with Gasteiger partial charge in [-0.25, -0.2) is 4.98 Å². The van der Waals surface area contributed by atoms with Crippen LogP contribution in [0.25, 0.3) is 0 Å². The molecule has 0 aliphatic carbocycles. The Labute approximate surface area is 91.1 Å². The van der Waals surface area contributed by atoms with E-state index >= 15 is 0 Å². The highest BCUT2D eigenvalue weighted by Crippen LogP contribution is 2.08. The molecule has 1 aromatic rings. The van der Waals surface area contributed by atoms with Gasteiger partial charge in [0.05, 0.1) is 11.9 Å². The van der Waals surface area contributed by atoms with Crippen molar-refractivity contribution in [2.75, 3.05) is 37.4 Å². The van der Waals surface area contributed by atoms with Gasteiger partial charge in [0.2, 0.25) is 0 Å². The molecular formula is C11H19N3O. The third kappa shape index (κ3) is 4.65. The average molecular weight is 209 g/mol. The van der Waals surface area contributed by atoms with Crippen molar-refractivity contribution < 1.29 is 4.74 Å². The molecule has 15 heavy (non-hydrogen) atoms. The predicted molar refractivity (Wildman–Crippen MR) is 63.4 cm³/mol. The van der Waals surface area contributed by atoms with E-state index in [1.165, 1.54) is 0 Å². The number of hydrogen-bond acceptors (Lipinski definition) is 4. The highest BCUT2D eigenvalue weighted by atomic mass is 16.5. The zero-order chi connectivity index (χ0) is 10.9. The lowest BCUT2D eigenvalue weighted by molar-refractivity contribution is 0.198. The van der Waals surface area contributed by atoms with Crippen LogP contribution in [-0.4, -0.2) is 31.8 Å². The van der Waals surface area contributed by atoms with E-state index in [4.69, 9.17) is 4.74 Å². The molecule has 0 aliphatic heterocycles. The molecule has 4 heteroatoms. The van der Waals surface area contributed by atoms with Gasteiger partial charge in [-0.2, -0.15) is 0 Å². The predicted octanol–water partition coefficient (Wildman–Crippen LogP) is 1.96. The monoisotopic (exact) mass is 209 g/mol. The number of anilines is 2. The Balaban J connectivity index is 2.29. The maximum atomic E-state index is 4.96. The lowest BCUT2D eigenvalue weighted by Crippen LogP contribution is -2.06. The Morgan fingerprint density at radius 2 is 2.20 bits per heavy atom. The van der Waals surface area contributed by atoms with Gasteiger partial charge in [-0.3, -0.25) is 0 Å². The Bertz CT molecular complexity index is 261. The van der Waals surface area contributed by atoms with Crippen molar-refractivity contribution in [3.05, 3.63) is 18.3 Å². The number of hydrogen-bond donors (Lipinski definition) is 2. The maximum Gasteiger partial charge on any atom is 0.126 e. The highest BCUT2D eigenvalue weighted by Gasteiger charge is 1.93. The van der Waals surface area contributed by atoms with Gasteiger partial charge in [-0.15, -0.1) is 0 Å². The summed E-state index contributed by atoms with van der Waals surface area (Å²) in [7, 11) is 1.71. The number of pyridine rings is 1. The van der Waals surface area contributed by atoms with Crippen LogP contribution in [0.4, 0.5) is 11.5 Å². The second-order valence-corrected chi connectivity index (χ2v) is 3.24. The standard InChI is InChI=1S/C11H19N3O/c1-3-12-10-5-6-11(14-9-10)13-7-4-8-15-2/h5-6,9,12H,3-4,7-8H2,1-2H3,(H,13,14). The Kier molecular flexibility index (Phi) is 5.55. The van der Waals surface area contributed by atoms with Crippen molar-refractivity contribution in [2.45, 2.75) is 13.3 Å². The number of nitrogens with one attached hydrogen (secondary N) is 2. The summed E-state index contributed by atoms with van der Waals surface area (Å²) < 4.78 is 4.96. The SMILES string of the molecule is CCNc1ccc(NCCCOC)nc1. The van der Waals surface area contributed by atoms with Crippen molar-refractivity contribution in [3.8, 4) is 0 Å². The molecule has 0 aliphatic rings. The molecule has 0 saturated carbocycles. The second kappa shape index (κ2) is 7.06. The summed E-state index contributed by atoms with van der Waals surface area (Å²) in [6.07, 6.45) is 2.83. The van der Waals surface area contributed by atoms with Crippen LogP contribution in [-0.2, 0) is 4.74 Å². The van der Waals surface area contributed by atoms with Gasteiger partial charge in [0.15, 0.2) is 0 Å². The minimum atomic E-state index is 0.780. The van der Waals surface area contributed by atoms with Crippen LogP contribution in [0.3, 0.4) is 0 Å². The maximum absolute atomic E-state index is 4.96. The van der Waals surface area contributed by atoms with E-state index in [1.54, 1.807) is 7.11 Å². The second-order valence-electron chi connectivity index (χ2n) is 3.24. The number of nitrogens with zero attached hydrogens (tertiary/aromatic N) is 1. The molecule has 0 atom stereocenters. The number of rotatable bonds is 7. The number of methoxy groups -OCH3 is 1. The molecule has 1 heterocycles. The quantitative estimate of drug-likeness (QED) is 0.674. The fraction of sp³-hybridized carbons (Fsp3) is 0.545. The topological polar surface area (TPSA) is 46.2 Å². The van der Waals surface area contributed by atoms with Crippen molar-refractivity contribution in [1.29, 1.82) is 0 Å². The number of ether oxygens (including phenoxy) is 1. The Morgan fingerprint density at radius 3 is 2.80 bits per heavy atom. The molecule has 0 fully saturated rings. The van der Waals surface area contributed by atoms with Crippen LogP contribution in [0.2, 0.25) is 0 Å². The van der Waals surface area contributed by atoms with E-state index in [0.717, 1.165) is 37.6 Å². The van der Waals surface area contributed by atoms with E-state index < -0.39 is 0 Å². The van der Waals surface area contributed by atoms with Crippen LogP contribution >= 0.6 is 0 Å². The molecule has 84 valence electrons. The lowest BCUT2D eigenvalue weighted by atomic mass is 10.4. The highest BCUT2D eigenvalue weighted by molar-refractivity contribution is 5.46. The van der Waals surface area contributed by atoms with Crippen molar-refractivity contribution >= 4 is 11.5 Å². The summed E-state index contributed by atoms with van der Waals surface area (Å²) in [6, 6.07) is 4.00. The van der Waals surface area contributed by atoms with E-state index in [0.29, 0.717) is 0 Å². The molecular weight excluding hydrogens is 190 g/mol. The zero-order valence-electron chi connectivity index (χ0n) is 9.42. The average Bonchev–Trinajstić information content (AvgIpc) is 2.27. The molecule has 0 saturated heterocycles. The summed E-state index contributed by atoms with van der Waals surface area (Å²) in [5.74, 6) is 0.910. The first-order valence-electron chi connectivity index (χ1n) is 5.29. The molecule has 1 rings (SSSR count). The van der Waals surface area contributed by atoms with Gasteiger partial charge in [0.1, 0.15) is 5.82 Å². The van der Waals surface area contributed by atoms with Crippen molar-refractivity contribution in [1.82, 2.24) is 4.98 Å². The third-order valence-corrected chi connectivity index (χ3v) is 1.98.